The summed E-state index contributed by atoms with van der Waals surface area (Å²) in [7, 11) is 0. The number of benzene rings is 1. The molecule has 0 aliphatic rings. The Morgan fingerprint density at radius 1 is 1.17 bits per heavy atom. The molecule has 2 heterocycles. The quantitative estimate of drug-likeness (QED) is 0.720. The Labute approximate surface area is 113 Å². The van der Waals surface area contributed by atoms with Gasteiger partial charge in [0.05, 0.1) is 11.9 Å². The van der Waals surface area contributed by atoms with Crippen molar-refractivity contribution in [1.82, 2.24) is 9.97 Å². The Bertz CT molecular complexity index is 658. The molecule has 2 aromatic heterocycles. The van der Waals surface area contributed by atoms with Crippen LogP contribution in [-0.2, 0) is 6.54 Å². The van der Waals surface area contributed by atoms with Gasteiger partial charge in [-0.2, -0.15) is 0 Å². The molecule has 0 fully saturated rings. The number of halogens is 1. The predicted molar refractivity (Wildman–Crippen MR) is 77.6 cm³/mol. The zero-order chi connectivity index (χ0) is 12.4. The number of nitrogens with zero attached hydrogens (tertiary/aromatic N) is 1. The number of aromatic nitrogens is 2. The van der Waals surface area contributed by atoms with Gasteiger partial charge in [0.1, 0.15) is 4.60 Å². The number of hydrogen-bond donors (Lipinski definition) is 2. The van der Waals surface area contributed by atoms with Gasteiger partial charge in [0.25, 0.3) is 0 Å². The van der Waals surface area contributed by atoms with E-state index in [9.17, 15) is 0 Å². The summed E-state index contributed by atoms with van der Waals surface area (Å²) in [5.41, 5.74) is 3.45. The number of fused-ring (bicyclic) bond motifs is 1. The Balaban J connectivity index is 1.74. The second kappa shape index (κ2) is 4.82. The molecule has 0 amide bonds. The molecule has 0 aliphatic heterocycles. The van der Waals surface area contributed by atoms with Gasteiger partial charge in [-0.15, -0.1) is 0 Å². The second-order valence-electron chi connectivity index (χ2n) is 4.12. The van der Waals surface area contributed by atoms with E-state index in [1.807, 2.05) is 24.5 Å². The highest BCUT2D eigenvalue weighted by Gasteiger charge is 1.98. The van der Waals surface area contributed by atoms with Gasteiger partial charge in [-0.1, -0.05) is 6.07 Å². The first-order valence-corrected chi connectivity index (χ1v) is 6.52. The monoisotopic (exact) mass is 301 g/mol. The lowest BCUT2D eigenvalue weighted by Crippen LogP contribution is -1.99. The first-order chi connectivity index (χ1) is 8.81. The molecule has 90 valence electrons. The zero-order valence-corrected chi connectivity index (χ0v) is 11.2. The van der Waals surface area contributed by atoms with Crippen LogP contribution in [0.5, 0.6) is 0 Å². The van der Waals surface area contributed by atoms with Crippen molar-refractivity contribution in [2.24, 2.45) is 0 Å². The summed E-state index contributed by atoms with van der Waals surface area (Å²) in [4.78, 5) is 7.37. The molecule has 1 aromatic carbocycles. The molecule has 0 saturated heterocycles. The Morgan fingerprint density at radius 3 is 2.94 bits per heavy atom. The molecule has 0 radical (unpaired) electrons. The fraction of sp³-hybridized carbons (Fsp3) is 0.0714. The van der Waals surface area contributed by atoms with E-state index in [4.69, 9.17) is 0 Å². The molecule has 0 atom stereocenters. The van der Waals surface area contributed by atoms with Crippen LogP contribution in [-0.4, -0.2) is 9.97 Å². The Kier molecular flexibility index (Phi) is 3.02. The SMILES string of the molecule is Brc1ccc(NCc2ccc3[nH]ccc3c2)cn1. The predicted octanol–water partition coefficient (Wildman–Crippen LogP) is 3.94. The van der Waals surface area contributed by atoms with E-state index >= 15 is 0 Å². The fourth-order valence-corrected chi connectivity index (χ4v) is 2.13. The lowest BCUT2D eigenvalue weighted by Gasteiger charge is -2.06. The standard InChI is InChI=1S/C14H12BrN3/c15-14-4-2-12(9-18-14)17-8-10-1-3-13-11(7-10)5-6-16-13/h1-7,9,16-17H,8H2. The molecular formula is C14H12BrN3. The highest BCUT2D eigenvalue weighted by atomic mass is 79.9. The van der Waals surface area contributed by atoms with Crippen LogP contribution < -0.4 is 5.32 Å². The van der Waals surface area contributed by atoms with Gasteiger partial charge >= 0.3 is 0 Å². The number of nitrogens with one attached hydrogen (secondary N) is 2. The van der Waals surface area contributed by atoms with Gasteiger partial charge in [0.15, 0.2) is 0 Å². The summed E-state index contributed by atoms with van der Waals surface area (Å²) in [5, 5.41) is 4.59. The Hall–Kier alpha value is -1.81. The molecule has 3 rings (SSSR count). The van der Waals surface area contributed by atoms with E-state index in [-0.39, 0.29) is 0 Å². The molecule has 0 bridgehead atoms. The van der Waals surface area contributed by atoms with E-state index in [1.54, 1.807) is 0 Å². The van der Waals surface area contributed by atoms with Gasteiger partial charge in [-0.05, 0) is 57.2 Å². The molecule has 3 nitrogen and oxygen atoms in total. The van der Waals surface area contributed by atoms with Gasteiger partial charge in [0.2, 0.25) is 0 Å². The summed E-state index contributed by atoms with van der Waals surface area (Å²) in [6.07, 6.45) is 3.78. The minimum atomic E-state index is 0.796. The average Bonchev–Trinajstić information content (AvgIpc) is 2.85. The number of hydrogen-bond acceptors (Lipinski definition) is 2. The topological polar surface area (TPSA) is 40.7 Å². The molecular weight excluding hydrogens is 290 g/mol. The largest absolute Gasteiger partial charge is 0.380 e. The summed E-state index contributed by atoms with van der Waals surface area (Å²) in [6, 6.07) is 12.4. The number of pyridine rings is 1. The fourth-order valence-electron chi connectivity index (χ4n) is 1.90. The maximum Gasteiger partial charge on any atom is 0.106 e. The molecule has 0 unspecified atom stereocenters. The lowest BCUT2D eigenvalue weighted by molar-refractivity contribution is 1.14. The van der Waals surface area contributed by atoms with E-state index < -0.39 is 0 Å². The molecule has 0 aliphatic carbocycles. The van der Waals surface area contributed by atoms with E-state index in [2.05, 4.69) is 55.5 Å². The normalized spacial score (nSPS) is 10.7. The van der Waals surface area contributed by atoms with Crippen LogP contribution in [0.4, 0.5) is 5.69 Å². The van der Waals surface area contributed by atoms with Gasteiger partial charge in [0, 0.05) is 18.3 Å². The molecule has 0 spiro atoms. The molecule has 4 heteroatoms. The first-order valence-electron chi connectivity index (χ1n) is 5.73. The van der Waals surface area contributed by atoms with Crippen molar-refractivity contribution in [2.75, 3.05) is 5.32 Å². The van der Waals surface area contributed by atoms with E-state index in [0.29, 0.717) is 0 Å². The summed E-state index contributed by atoms with van der Waals surface area (Å²) in [5.74, 6) is 0. The third-order valence-corrected chi connectivity index (χ3v) is 3.31. The van der Waals surface area contributed by atoms with Crippen LogP contribution in [0.3, 0.4) is 0 Å². The third kappa shape index (κ3) is 2.38. The molecule has 0 saturated carbocycles. The first kappa shape index (κ1) is 11.3. The van der Waals surface area contributed by atoms with Crippen LogP contribution in [0, 0.1) is 0 Å². The van der Waals surface area contributed by atoms with Gasteiger partial charge in [-0.25, -0.2) is 4.98 Å². The summed E-state index contributed by atoms with van der Waals surface area (Å²) >= 11 is 3.32. The Morgan fingerprint density at radius 2 is 2.11 bits per heavy atom. The van der Waals surface area contributed by atoms with Crippen LogP contribution in [0.2, 0.25) is 0 Å². The minimum absolute atomic E-state index is 0.796. The number of rotatable bonds is 3. The van der Waals surface area contributed by atoms with Crippen molar-refractivity contribution in [3.8, 4) is 0 Å². The number of aromatic amines is 1. The maximum atomic E-state index is 4.18. The number of H-pyrrole nitrogens is 1. The smallest absolute Gasteiger partial charge is 0.106 e. The lowest BCUT2D eigenvalue weighted by atomic mass is 10.1. The second-order valence-corrected chi connectivity index (χ2v) is 4.93. The van der Waals surface area contributed by atoms with Crippen molar-refractivity contribution in [1.29, 1.82) is 0 Å². The van der Waals surface area contributed by atoms with Crippen molar-refractivity contribution >= 4 is 32.5 Å². The third-order valence-electron chi connectivity index (χ3n) is 2.84. The highest BCUT2D eigenvalue weighted by molar-refractivity contribution is 9.10. The van der Waals surface area contributed by atoms with Crippen molar-refractivity contribution < 1.29 is 0 Å². The van der Waals surface area contributed by atoms with Crippen LogP contribution in [0.15, 0.2) is 53.4 Å². The number of anilines is 1. The highest BCUT2D eigenvalue weighted by Crippen LogP contribution is 2.16. The van der Waals surface area contributed by atoms with Gasteiger partial charge < -0.3 is 10.3 Å². The van der Waals surface area contributed by atoms with Crippen LogP contribution in [0.25, 0.3) is 10.9 Å². The molecule has 3 aromatic rings. The van der Waals surface area contributed by atoms with Gasteiger partial charge in [-0.3, -0.25) is 0 Å². The van der Waals surface area contributed by atoms with Crippen molar-refractivity contribution in [3.05, 3.63) is 59.0 Å². The minimum Gasteiger partial charge on any atom is -0.380 e. The zero-order valence-electron chi connectivity index (χ0n) is 9.65. The maximum absolute atomic E-state index is 4.18. The van der Waals surface area contributed by atoms with Crippen LogP contribution >= 0.6 is 15.9 Å². The summed E-state index contributed by atoms with van der Waals surface area (Å²) in [6.45, 7) is 0.796. The average molecular weight is 302 g/mol. The van der Waals surface area contributed by atoms with E-state index in [0.717, 1.165) is 16.8 Å². The molecule has 18 heavy (non-hydrogen) atoms. The van der Waals surface area contributed by atoms with Crippen molar-refractivity contribution in [3.63, 3.8) is 0 Å². The van der Waals surface area contributed by atoms with E-state index in [1.165, 1.54) is 16.5 Å². The van der Waals surface area contributed by atoms with Crippen LogP contribution in [0.1, 0.15) is 5.56 Å². The van der Waals surface area contributed by atoms with Crippen molar-refractivity contribution in [2.45, 2.75) is 6.54 Å². The molecule has 2 N–H and O–H groups in total. The summed E-state index contributed by atoms with van der Waals surface area (Å²) < 4.78 is 0.849.